The largest absolute Gasteiger partial charge is 0.494 e. The van der Waals surface area contributed by atoms with Crippen molar-refractivity contribution in [3.63, 3.8) is 0 Å². The van der Waals surface area contributed by atoms with Crippen molar-refractivity contribution in [2.45, 2.75) is 25.9 Å². The lowest BCUT2D eigenvalue weighted by molar-refractivity contribution is -0.0720. The van der Waals surface area contributed by atoms with Crippen LogP contribution in [0.5, 0.6) is 5.75 Å². The van der Waals surface area contributed by atoms with E-state index in [9.17, 15) is 4.79 Å². The van der Waals surface area contributed by atoms with Gasteiger partial charge in [-0.15, -0.1) is 0 Å². The predicted molar refractivity (Wildman–Crippen MR) is 131 cm³/mol. The van der Waals surface area contributed by atoms with Crippen LogP contribution < -0.4 is 15.0 Å². The van der Waals surface area contributed by atoms with E-state index < -0.39 is 5.60 Å². The molecule has 2 saturated heterocycles. The predicted octanol–water partition coefficient (Wildman–Crippen LogP) is 4.68. The molecule has 0 bridgehead atoms. The van der Waals surface area contributed by atoms with Crippen LogP contribution in [-0.2, 0) is 4.74 Å². The standard InChI is InChI=1S/C24H28ClN5O3/c1-6-8-29-11-24(12-29)13-30(23(31)33-24)20-9-17-19(10-21(20)32-5)26-14-27-22(17)28-18(7-2)15(3)16(4)25/h7,9-10,14H,2,4,6,8,11-13H2,1,3,5H3,(H,26,27,28)/b18-15+. The van der Waals surface area contributed by atoms with Crippen LogP contribution in [0.1, 0.15) is 20.3 Å². The number of carbonyl (C=O) groups excluding carboxylic acids is 1. The maximum atomic E-state index is 12.9. The number of methoxy groups -OCH3 is 1. The molecule has 2 aromatic rings. The van der Waals surface area contributed by atoms with Crippen LogP contribution in [0.15, 0.2) is 54.0 Å². The van der Waals surface area contributed by atoms with E-state index in [0.717, 1.165) is 37.0 Å². The van der Waals surface area contributed by atoms with E-state index in [1.807, 2.05) is 13.0 Å². The van der Waals surface area contributed by atoms with Crippen LogP contribution in [-0.4, -0.2) is 59.9 Å². The molecule has 2 aliphatic heterocycles. The Labute approximate surface area is 198 Å². The Morgan fingerprint density at radius 2 is 2.12 bits per heavy atom. The normalized spacial score (nSPS) is 18.1. The van der Waals surface area contributed by atoms with Crippen LogP contribution in [0.3, 0.4) is 0 Å². The number of benzene rings is 1. The molecule has 1 amide bonds. The van der Waals surface area contributed by atoms with E-state index in [4.69, 9.17) is 21.1 Å². The lowest BCUT2D eigenvalue weighted by atomic mass is 9.93. The van der Waals surface area contributed by atoms with Gasteiger partial charge in [0.2, 0.25) is 0 Å². The van der Waals surface area contributed by atoms with Gasteiger partial charge < -0.3 is 14.8 Å². The summed E-state index contributed by atoms with van der Waals surface area (Å²) in [5.41, 5.74) is 2.23. The summed E-state index contributed by atoms with van der Waals surface area (Å²) in [5.74, 6) is 1.09. The fourth-order valence-corrected chi connectivity index (χ4v) is 4.44. The van der Waals surface area contributed by atoms with Crippen molar-refractivity contribution in [1.82, 2.24) is 14.9 Å². The Morgan fingerprint density at radius 1 is 1.36 bits per heavy atom. The SMILES string of the molecule is C=C/C(Nc1ncnc2cc(OC)c(N3CC4(CN(CCC)C4)OC3=O)cc12)=C(/C)C(=C)Cl. The number of hydrogen-bond acceptors (Lipinski definition) is 7. The first-order valence-electron chi connectivity index (χ1n) is 10.8. The summed E-state index contributed by atoms with van der Waals surface area (Å²) < 4.78 is 11.4. The Hall–Kier alpha value is -3.10. The Morgan fingerprint density at radius 3 is 2.76 bits per heavy atom. The number of rotatable bonds is 8. The number of halogens is 1. The molecule has 1 aromatic carbocycles. The zero-order valence-corrected chi connectivity index (χ0v) is 19.9. The van der Waals surface area contributed by atoms with Crippen LogP contribution >= 0.6 is 11.6 Å². The van der Waals surface area contributed by atoms with Gasteiger partial charge in [-0.1, -0.05) is 31.7 Å². The van der Waals surface area contributed by atoms with Crippen molar-refractivity contribution < 1.29 is 14.3 Å². The van der Waals surface area contributed by atoms with Crippen LogP contribution in [0.25, 0.3) is 10.9 Å². The molecule has 0 aliphatic carbocycles. The average Bonchev–Trinajstić information content (AvgIpc) is 3.13. The summed E-state index contributed by atoms with van der Waals surface area (Å²) in [7, 11) is 1.57. The number of ether oxygens (including phenoxy) is 2. The van der Waals surface area contributed by atoms with Crippen molar-refractivity contribution in [3.05, 3.63) is 54.0 Å². The molecule has 0 atom stereocenters. The molecule has 4 rings (SSSR count). The smallest absolute Gasteiger partial charge is 0.415 e. The van der Waals surface area contributed by atoms with Gasteiger partial charge in [0.1, 0.15) is 17.9 Å². The van der Waals surface area contributed by atoms with Crippen molar-refractivity contribution in [3.8, 4) is 5.75 Å². The molecule has 1 N–H and O–H groups in total. The maximum Gasteiger partial charge on any atom is 0.415 e. The molecular weight excluding hydrogens is 442 g/mol. The van der Waals surface area contributed by atoms with Gasteiger partial charge in [0, 0.05) is 35.3 Å². The van der Waals surface area contributed by atoms with Gasteiger partial charge in [-0.25, -0.2) is 14.8 Å². The highest BCUT2D eigenvalue weighted by atomic mass is 35.5. The third kappa shape index (κ3) is 4.28. The number of carbonyl (C=O) groups is 1. The van der Waals surface area contributed by atoms with E-state index in [2.05, 4.69) is 40.3 Å². The number of likely N-dealkylation sites (tertiary alicyclic amines) is 1. The molecule has 0 unspecified atom stereocenters. The van der Waals surface area contributed by atoms with E-state index in [1.54, 1.807) is 24.2 Å². The van der Waals surface area contributed by atoms with E-state index in [0.29, 0.717) is 40.0 Å². The first-order valence-corrected chi connectivity index (χ1v) is 11.2. The fourth-order valence-electron chi connectivity index (χ4n) is 4.33. The minimum absolute atomic E-state index is 0.379. The number of nitrogens with zero attached hydrogens (tertiary/aromatic N) is 4. The molecule has 8 nitrogen and oxygen atoms in total. The summed E-state index contributed by atoms with van der Waals surface area (Å²) in [6, 6.07) is 3.65. The summed E-state index contributed by atoms with van der Waals surface area (Å²) in [5, 5.41) is 4.38. The molecule has 33 heavy (non-hydrogen) atoms. The molecule has 2 aliphatic rings. The minimum Gasteiger partial charge on any atom is -0.494 e. The topological polar surface area (TPSA) is 79.8 Å². The molecule has 0 radical (unpaired) electrons. The Bertz CT molecular complexity index is 1160. The lowest BCUT2D eigenvalue weighted by Gasteiger charge is -2.45. The molecule has 3 heterocycles. The fraction of sp³-hybridized carbons (Fsp3) is 0.375. The summed E-state index contributed by atoms with van der Waals surface area (Å²) in [6.07, 6.45) is 3.81. The third-order valence-electron chi connectivity index (χ3n) is 6.03. The summed E-state index contributed by atoms with van der Waals surface area (Å²) in [6.45, 7) is 14.6. The van der Waals surface area contributed by atoms with Crippen molar-refractivity contribution in [2.24, 2.45) is 0 Å². The minimum atomic E-state index is -0.475. The van der Waals surface area contributed by atoms with Crippen molar-refractivity contribution in [2.75, 3.05) is 43.5 Å². The number of fused-ring (bicyclic) bond motifs is 1. The lowest BCUT2D eigenvalue weighted by Crippen LogP contribution is -2.63. The number of nitrogens with one attached hydrogen (secondary N) is 1. The van der Waals surface area contributed by atoms with Gasteiger partial charge >= 0.3 is 6.09 Å². The van der Waals surface area contributed by atoms with Crippen molar-refractivity contribution >= 4 is 40.1 Å². The van der Waals surface area contributed by atoms with Crippen LogP contribution in [0.4, 0.5) is 16.3 Å². The average molecular weight is 470 g/mol. The second-order valence-corrected chi connectivity index (χ2v) is 8.84. The van der Waals surface area contributed by atoms with Crippen molar-refractivity contribution in [1.29, 1.82) is 0 Å². The van der Waals surface area contributed by atoms with E-state index in [-0.39, 0.29) is 6.09 Å². The highest BCUT2D eigenvalue weighted by Crippen LogP contribution is 2.41. The second-order valence-electron chi connectivity index (χ2n) is 8.38. The molecule has 0 saturated carbocycles. The third-order valence-corrected chi connectivity index (χ3v) is 6.31. The van der Waals surface area contributed by atoms with Gasteiger partial charge in [-0.05, 0) is 37.6 Å². The maximum absolute atomic E-state index is 12.9. The Kier molecular flexibility index (Phi) is 6.32. The zero-order valence-electron chi connectivity index (χ0n) is 19.2. The number of allylic oxidation sites excluding steroid dienone is 3. The van der Waals surface area contributed by atoms with E-state index in [1.165, 1.54) is 6.33 Å². The molecule has 2 fully saturated rings. The monoisotopic (exact) mass is 469 g/mol. The number of hydrogen-bond donors (Lipinski definition) is 1. The number of aromatic nitrogens is 2. The summed E-state index contributed by atoms with van der Waals surface area (Å²) in [4.78, 5) is 25.6. The van der Waals surface area contributed by atoms with Gasteiger partial charge in [0.25, 0.3) is 0 Å². The molecule has 1 aromatic heterocycles. The molecule has 174 valence electrons. The van der Waals surface area contributed by atoms with Gasteiger partial charge in [-0.3, -0.25) is 9.80 Å². The highest BCUT2D eigenvalue weighted by molar-refractivity contribution is 6.31. The Balaban J connectivity index is 1.72. The van der Waals surface area contributed by atoms with E-state index >= 15 is 0 Å². The second kappa shape index (κ2) is 9.03. The van der Waals surface area contributed by atoms with Crippen LogP contribution in [0.2, 0.25) is 0 Å². The zero-order chi connectivity index (χ0) is 23.8. The molecule has 9 heteroatoms. The van der Waals surface area contributed by atoms with Crippen LogP contribution in [0, 0.1) is 0 Å². The van der Waals surface area contributed by atoms with Gasteiger partial charge in [-0.2, -0.15) is 0 Å². The number of amides is 1. The molecule has 1 spiro atoms. The highest BCUT2D eigenvalue weighted by Gasteiger charge is 2.54. The quantitative estimate of drug-likeness (QED) is 0.562. The number of anilines is 2. The first-order chi connectivity index (χ1) is 15.8. The molecular formula is C24H28ClN5O3. The summed E-state index contributed by atoms with van der Waals surface area (Å²) >= 11 is 6.08. The first kappa shape index (κ1) is 23.1. The van der Waals surface area contributed by atoms with Gasteiger partial charge in [0.15, 0.2) is 5.60 Å². The van der Waals surface area contributed by atoms with Gasteiger partial charge in [0.05, 0.1) is 24.9 Å².